The molecule has 7 nitrogen and oxygen atoms in total. The first kappa shape index (κ1) is 16.5. The van der Waals surface area contributed by atoms with E-state index in [-0.39, 0.29) is 24.0 Å². The van der Waals surface area contributed by atoms with Crippen LogP contribution in [0.3, 0.4) is 0 Å². The van der Waals surface area contributed by atoms with Crippen LogP contribution in [0.1, 0.15) is 25.7 Å². The quantitative estimate of drug-likeness (QED) is 0.783. The van der Waals surface area contributed by atoms with Gasteiger partial charge < -0.3 is 19.9 Å². The predicted octanol–water partition coefficient (Wildman–Crippen LogP) is 0.113. The largest absolute Gasteiger partial charge is 0.378 e. The second kappa shape index (κ2) is 7.49. The molecule has 0 saturated carbocycles. The Morgan fingerprint density at radius 2 is 2.00 bits per heavy atom. The van der Waals surface area contributed by atoms with Crippen LogP contribution in [0.2, 0.25) is 0 Å². The minimum Gasteiger partial charge on any atom is -0.378 e. The van der Waals surface area contributed by atoms with Gasteiger partial charge in [0.1, 0.15) is 0 Å². The van der Waals surface area contributed by atoms with E-state index < -0.39 is 0 Å². The number of carbonyl (C=O) groups is 2. The summed E-state index contributed by atoms with van der Waals surface area (Å²) in [7, 11) is 1.90. The summed E-state index contributed by atoms with van der Waals surface area (Å²) in [5, 5.41) is 2.96. The van der Waals surface area contributed by atoms with Gasteiger partial charge >= 0.3 is 6.03 Å². The topological polar surface area (TPSA) is 65.1 Å². The molecule has 0 aromatic carbocycles. The van der Waals surface area contributed by atoms with Crippen molar-refractivity contribution >= 4 is 11.9 Å². The van der Waals surface area contributed by atoms with Gasteiger partial charge in [0.25, 0.3) is 0 Å². The number of hydrogen-bond acceptors (Lipinski definition) is 4. The molecule has 3 amide bonds. The molecule has 2 atom stereocenters. The second-order valence-corrected chi connectivity index (χ2v) is 6.73. The minimum absolute atomic E-state index is 0.0153. The summed E-state index contributed by atoms with van der Waals surface area (Å²) in [6.45, 7) is 5.13. The maximum Gasteiger partial charge on any atom is 0.320 e. The fraction of sp³-hybridized carbons (Fsp3) is 0.875. The van der Waals surface area contributed by atoms with Crippen LogP contribution in [0.15, 0.2) is 0 Å². The number of morpholine rings is 1. The molecule has 3 aliphatic rings. The number of hydrogen-bond donors (Lipinski definition) is 1. The van der Waals surface area contributed by atoms with Crippen molar-refractivity contribution in [3.05, 3.63) is 0 Å². The average molecular weight is 324 g/mol. The van der Waals surface area contributed by atoms with Crippen LogP contribution in [0.5, 0.6) is 0 Å². The highest BCUT2D eigenvalue weighted by atomic mass is 16.5. The molecule has 130 valence electrons. The van der Waals surface area contributed by atoms with Crippen molar-refractivity contribution < 1.29 is 14.3 Å². The van der Waals surface area contributed by atoms with E-state index in [0.717, 1.165) is 45.3 Å². The predicted molar refractivity (Wildman–Crippen MR) is 86.2 cm³/mol. The highest BCUT2D eigenvalue weighted by Crippen LogP contribution is 2.21. The Morgan fingerprint density at radius 1 is 1.22 bits per heavy atom. The highest BCUT2D eigenvalue weighted by Gasteiger charge is 2.35. The van der Waals surface area contributed by atoms with E-state index in [0.29, 0.717) is 26.3 Å². The molecule has 0 aromatic rings. The lowest BCUT2D eigenvalue weighted by molar-refractivity contribution is -0.129. The maximum absolute atomic E-state index is 12.6. The summed E-state index contributed by atoms with van der Waals surface area (Å²) in [4.78, 5) is 30.8. The van der Waals surface area contributed by atoms with Crippen molar-refractivity contribution in [3.63, 3.8) is 0 Å². The van der Waals surface area contributed by atoms with Gasteiger partial charge in [-0.1, -0.05) is 0 Å². The molecule has 3 rings (SSSR count). The third kappa shape index (κ3) is 3.77. The van der Waals surface area contributed by atoms with E-state index in [9.17, 15) is 9.59 Å². The SMILES string of the molecule is CN(C(=O)N1CCOCC1)C1CCCN(C2CCCNC2=O)C1. The molecular weight excluding hydrogens is 296 g/mol. The molecule has 0 radical (unpaired) electrons. The molecule has 23 heavy (non-hydrogen) atoms. The number of rotatable bonds is 2. The summed E-state index contributed by atoms with van der Waals surface area (Å²) in [6.07, 6.45) is 4.02. The number of nitrogens with one attached hydrogen (secondary N) is 1. The van der Waals surface area contributed by atoms with Gasteiger partial charge in [0, 0.05) is 39.3 Å². The lowest BCUT2D eigenvalue weighted by atomic mass is 9.98. The number of urea groups is 1. The van der Waals surface area contributed by atoms with Gasteiger partial charge in [-0.05, 0) is 32.2 Å². The first-order valence-electron chi connectivity index (χ1n) is 8.78. The Bertz CT molecular complexity index is 439. The first-order chi connectivity index (χ1) is 11.2. The Balaban J connectivity index is 1.58. The first-order valence-corrected chi connectivity index (χ1v) is 8.78. The van der Waals surface area contributed by atoms with Gasteiger partial charge in [0.2, 0.25) is 5.91 Å². The molecule has 3 saturated heterocycles. The Kier molecular flexibility index (Phi) is 5.38. The number of piperidine rings is 2. The van der Waals surface area contributed by atoms with Crippen molar-refractivity contribution in [3.8, 4) is 0 Å². The lowest BCUT2D eigenvalue weighted by Crippen LogP contribution is -2.58. The summed E-state index contributed by atoms with van der Waals surface area (Å²) in [6, 6.07) is 0.264. The van der Waals surface area contributed by atoms with E-state index >= 15 is 0 Å². The number of ether oxygens (including phenoxy) is 1. The van der Waals surface area contributed by atoms with Crippen molar-refractivity contribution in [2.75, 3.05) is 53.0 Å². The van der Waals surface area contributed by atoms with Crippen LogP contribution in [0.25, 0.3) is 0 Å². The zero-order chi connectivity index (χ0) is 16.2. The van der Waals surface area contributed by atoms with Crippen LogP contribution in [-0.2, 0) is 9.53 Å². The second-order valence-electron chi connectivity index (χ2n) is 6.73. The molecule has 1 N–H and O–H groups in total. The molecule has 2 unspecified atom stereocenters. The van der Waals surface area contributed by atoms with Crippen LogP contribution >= 0.6 is 0 Å². The molecule has 0 spiro atoms. The lowest BCUT2D eigenvalue weighted by Gasteiger charge is -2.43. The van der Waals surface area contributed by atoms with E-state index in [1.54, 1.807) is 0 Å². The minimum atomic E-state index is -0.0153. The standard InChI is InChI=1S/C16H28N4O3/c1-18(16(22)19-8-10-23-11-9-19)13-4-3-7-20(12-13)14-5-2-6-17-15(14)21/h13-14H,2-12H2,1H3,(H,17,21). The molecule has 3 aliphatic heterocycles. The normalized spacial score (nSPS) is 30.0. The fourth-order valence-corrected chi connectivity index (χ4v) is 3.82. The molecular formula is C16H28N4O3. The molecule has 3 fully saturated rings. The average Bonchev–Trinajstić information content (AvgIpc) is 2.62. The van der Waals surface area contributed by atoms with E-state index in [4.69, 9.17) is 4.74 Å². The summed E-state index contributed by atoms with van der Waals surface area (Å²) in [5.41, 5.74) is 0. The molecule has 0 bridgehead atoms. The monoisotopic (exact) mass is 324 g/mol. The number of likely N-dealkylation sites (tertiary alicyclic amines) is 1. The number of amides is 3. The molecule has 7 heteroatoms. The van der Waals surface area contributed by atoms with Crippen LogP contribution in [0, 0.1) is 0 Å². The van der Waals surface area contributed by atoms with Crippen molar-refractivity contribution in [1.82, 2.24) is 20.0 Å². The maximum atomic E-state index is 12.6. The Morgan fingerprint density at radius 3 is 2.74 bits per heavy atom. The zero-order valence-electron chi connectivity index (χ0n) is 14.0. The van der Waals surface area contributed by atoms with Gasteiger partial charge in [0.15, 0.2) is 0 Å². The number of nitrogens with zero attached hydrogens (tertiary/aromatic N) is 3. The summed E-state index contributed by atoms with van der Waals surface area (Å²) >= 11 is 0. The summed E-state index contributed by atoms with van der Waals surface area (Å²) in [5.74, 6) is 0.152. The van der Waals surface area contributed by atoms with E-state index in [2.05, 4.69) is 10.2 Å². The third-order valence-corrected chi connectivity index (χ3v) is 5.26. The van der Waals surface area contributed by atoms with Gasteiger partial charge in [-0.25, -0.2) is 4.79 Å². The Labute approximate surface area is 137 Å². The van der Waals surface area contributed by atoms with Crippen molar-refractivity contribution in [2.45, 2.75) is 37.8 Å². The number of likely N-dealkylation sites (N-methyl/N-ethyl adjacent to an activating group) is 1. The molecule has 0 aromatic heterocycles. The Hall–Kier alpha value is -1.34. The van der Waals surface area contributed by atoms with Gasteiger partial charge in [-0.3, -0.25) is 9.69 Å². The van der Waals surface area contributed by atoms with Gasteiger partial charge in [0.05, 0.1) is 19.3 Å². The van der Waals surface area contributed by atoms with Gasteiger partial charge in [-0.15, -0.1) is 0 Å². The summed E-state index contributed by atoms with van der Waals surface area (Å²) < 4.78 is 5.32. The van der Waals surface area contributed by atoms with Crippen LogP contribution in [0.4, 0.5) is 4.79 Å². The van der Waals surface area contributed by atoms with Crippen LogP contribution < -0.4 is 5.32 Å². The third-order valence-electron chi connectivity index (χ3n) is 5.26. The van der Waals surface area contributed by atoms with Crippen LogP contribution in [-0.4, -0.2) is 91.7 Å². The van der Waals surface area contributed by atoms with E-state index in [1.165, 1.54) is 0 Å². The molecule has 0 aliphatic carbocycles. The van der Waals surface area contributed by atoms with Crippen molar-refractivity contribution in [2.24, 2.45) is 0 Å². The highest BCUT2D eigenvalue weighted by molar-refractivity contribution is 5.82. The molecule has 3 heterocycles. The van der Waals surface area contributed by atoms with Crippen molar-refractivity contribution in [1.29, 1.82) is 0 Å². The zero-order valence-corrected chi connectivity index (χ0v) is 14.0. The fourth-order valence-electron chi connectivity index (χ4n) is 3.82. The smallest absolute Gasteiger partial charge is 0.320 e. The van der Waals surface area contributed by atoms with Gasteiger partial charge in [-0.2, -0.15) is 0 Å². The number of carbonyl (C=O) groups excluding carboxylic acids is 2. The van der Waals surface area contributed by atoms with E-state index in [1.807, 2.05) is 16.8 Å².